The van der Waals surface area contributed by atoms with Gasteiger partial charge < -0.3 is 0 Å². The molecule has 1 aromatic heterocycles. The topological polar surface area (TPSA) is 36.7 Å². The summed E-state index contributed by atoms with van der Waals surface area (Å²) in [4.78, 5) is 4.67. The highest BCUT2D eigenvalue weighted by Gasteiger charge is 2.23. The molecule has 2 nitrogen and oxygen atoms in total. The van der Waals surface area contributed by atoms with Crippen LogP contribution in [-0.4, -0.2) is 4.98 Å². The molecule has 0 radical (unpaired) electrons. The fourth-order valence-corrected chi connectivity index (χ4v) is 2.86. The minimum Gasteiger partial charge on any atom is -0.246 e. The van der Waals surface area contributed by atoms with Gasteiger partial charge in [-0.15, -0.1) is 11.3 Å². The number of nitriles is 1. The lowest BCUT2D eigenvalue weighted by Crippen LogP contribution is -2.11. The second kappa shape index (κ2) is 4.97. The van der Waals surface area contributed by atoms with Gasteiger partial charge in [0.15, 0.2) is 0 Å². The second-order valence-corrected chi connectivity index (χ2v) is 5.92. The Morgan fingerprint density at radius 3 is 2.81 bits per heavy atom. The van der Waals surface area contributed by atoms with Gasteiger partial charge in [0, 0.05) is 17.7 Å². The van der Waals surface area contributed by atoms with E-state index in [0.29, 0.717) is 11.8 Å². The molecule has 0 aromatic carbocycles. The first kappa shape index (κ1) is 11.6. The van der Waals surface area contributed by atoms with E-state index >= 15 is 0 Å². The van der Waals surface area contributed by atoms with E-state index in [2.05, 4.69) is 30.3 Å². The maximum absolute atomic E-state index is 9.06. The van der Waals surface area contributed by atoms with Gasteiger partial charge in [0.2, 0.25) is 0 Å². The van der Waals surface area contributed by atoms with Gasteiger partial charge in [-0.3, -0.25) is 0 Å². The summed E-state index contributed by atoms with van der Waals surface area (Å²) < 4.78 is 0. The van der Waals surface area contributed by atoms with E-state index in [1.165, 1.54) is 25.0 Å². The number of thiazole rings is 1. The van der Waals surface area contributed by atoms with Crippen LogP contribution in [0.5, 0.6) is 0 Å². The zero-order valence-corrected chi connectivity index (χ0v) is 10.8. The van der Waals surface area contributed by atoms with Crippen LogP contribution in [-0.2, 0) is 6.42 Å². The minimum absolute atomic E-state index is 0.111. The summed E-state index contributed by atoms with van der Waals surface area (Å²) in [5.41, 5.74) is 1.27. The summed E-state index contributed by atoms with van der Waals surface area (Å²) in [7, 11) is 0. The molecule has 1 saturated carbocycles. The van der Waals surface area contributed by atoms with Crippen LogP contribution in [0.25, 0.3) is 0 Å². The molecule has 1 aliphatic rings. The summed E-state index contributed by atoms with van der Waals surface area (Å²) in [6, 6.07) is 2.38. The molecule has 1 heterocycles. The normalized spacial score (nSPS) is 18.1. The number of nitrogens with zero attached hydrogens (tertiary/aromatic N) is 2. The average molecular weight is 234 g/mol. The Balaban J connectivity index is 1.99. The SMILES string of the molecule is CC(C)C(C#N)Cc1nc(C2CCC2)cs1. The first-order valence-electron chi connectivity index (χ1n) is 6.04. The fraction of sp³-hybridized carbons (Fsp3) is 0.692. The Labute approximate surface area is 101 Å². The lowest BCUT2D eigenvalue weighted by Gasteiger charge is -2.23. The maximum atomic E-state index is 9.06. The van der Waals surface area contributed by atoms with Crippen molar-refractivity contribution in [3.05, 3.63) is 16.1 Å². The average Bonchev–Trinajstić information content (AvgIpc) is 2.59. The van der Waals surface area contributed by atoms with E-state index in [0.717, 1.165) is 11.4 Å². The highest BCUT2D eigenvalue weighted by molar-refractivity contribution is 7.09. The summed E-state index contributed by atoms with van der Waals surface area (Å²) in [6.07, 6.45) is 4.78. The molecule has 0 aliphatic heterocycles. The first-order chi connectivity index (χ1) is 7.70. The number of aromatic nitrogens is 1. The molecule has 0 spiro atoms. The van der Waals surface area contributed by atoms with Crippen molar-refractivity contribution in [2.45, 2.75) is 45.4 Å². The predicted molar refractivity (Wildman–Crippen MR) is 66.4 cm³/mol. The van der Waals surface area contributed by atoms with Crippen LogP contribution in [0.15, 0.2) is 5.38 Å². The maximum Gasteiger partial charge on any atom is 0.0941 e. The van der Waals surface area contributed by atoms with Crippen molar-refractivity contribution in [3.63, 3.8) is 0 Å². The third kappa shape index (κ3) is 2.44. The number of hydrogen-bond donors (Lipinski definition) is 0. The van der Waals surface area contributed by atoms with Gasteiger partial charge in [0.05, 0.1) is 22.7 Å². The molecule has 0 N–H and O–H groups in total. The zero-order valence-electron chi connectivity index (χ0n) is 9.94. The summed E-state index contributed by atoms with van der Waals surface area (Å²) in [6.45, 7) is 4.21. The quantitative estimate of drug-likeness (QED) is 0.795. The molecule has 0 bridgehead atoms. The summed E-state index contributed by atoms with van der Waals surface area (Å²) in [5.74, 6) is 1.24. The van der Waals surface area contributed by atoms with Gasteiger partial charge >= 0.3 is 0 Å². The van der Waals surface area contributed by atoms with Crippen molar-refractivity contribution in [1.82, 2.24) is 4.98 Å². The Morgan fingerprint density at radius 2 is 2.31 bits per heavy atom. The monoisotopic (exact) mass is 234 g/mol. The number of rotatable bonds is 4. The highest BCUT2D eigenvalue weighted by atomic mass is 32.1. The molecule has 1 aromatic rings. The molecule has 3 heteroatoms. The molecule has 86 valence electrons. The lowest BCUT2D eigenvalue weighted by atomic mass is 9.83. The molecule has 1 unspecified atom stereocenters. The molecule has 0 saturated heterocycles. The van der Waals surface area contributed by atoms with Gasteiger partial charge in [0.25, 0.3) is 0 Å². The van der Waals surface area contributed by atoms with E-state index in [9.17, 15) is 0 Å². The molecular formula is C13H18N2S. The molecule has 1 atom stereocenters. The molecule has 1 aliphatic carbocycles. The smallest absolute Gasteiger partial charge is 0.0941 e. The lowest BCUT2D eigenvalue weighted by molar-refractivity contribution is 0.411. The Kier molecular flexibility index (Phi) is 3.60. The van der Waals surface area contributed by atoms with Crippen LogP contribution >= 0.6 is 11.3 Å². The van der Waals surface area contributed by atoms with E-state index in [4.69, 9.17) is 5.26 Å². The minimum atomic E-state index is 0.111. The third-order valence-corrected chi connectivity index (χ3v) is 4.35. The van der Waals surface area contributed by atoms with E-state index < -0.39 is 0 Å². The van der Waals surface area contributed by atoms with Crippen LogP contribution in [0.1, 0.15) is 49.7 Å². The second-order valence-electron chi connectivity index (χ2n) is 4.98. The van der Waals surface area contributed by atoms with E-state index in [-0.39, 0.29) is 5.92 Å². The van der Waals surface area contributed by atoms with Gasteiger partial charge in [-0.2, -0.15) is 5.26 Å². The Bertz CT molecular complexity index is 385. The van der Waals surface area contributed by atoms with Gasteiger partial charge in [0.1, 0.15) is 0 Å². The van der Waals surface area contributed by atoms with Crippen molar-refractivity contribution < 1.29 is 0 Å². The Morgan fingerprint density at radius 1 is 1.56 bits per heavy atom. The third-order valence-electron chi connectivity index (χ3n) is 3.46. The molecule has 2 rings (SSSR count). The van der Waals surface area contributed by atoms with Crippen LogP contribution in [0.3, 0.4) is 0 Å². The molecular weight excluding hydrogens is 216 g/mol. The first-order valence-corrected chi connectivity index (χ1v) is 6.92. The van der Waals surface area contributed by atoms with Crippen molar-refractivity contribution in [1.29, 1.82) is 5.26 Å². The van der Waals surface area contributed by atoms with Gasteiger partial charge in [-0.1, -0.05) is 20.3 Å². The zero-order chi connectivity index (χ0) is 11.5. The van der Waals surface area contributed by atoms with Crippen molar-refractivity contribution in [2.75, 3.05) is 0 Å². The number of hydrogen-bond acceptors (Lipinski definition) is 3. The van der Waals surface area contributed by atoms with E-state index in [1.54, 1.807) is 11.3 Å². The largest absolute Gasteiger partial charge is 0.246 e. The Hall–Kier alpha value is -0.880. The fourth-order valence-electron chi connectivity index (χ4n) is 1.93. The van der Waals surface area contributed by atoms with Crippen molar-refractivity contribution >= 4 is 11.3 Å². The standard InChI is InChI=1S/C13H18N2S/c1-9(2)11(7-14)6-13-15-12(8-16-13)10-4-3-5-10/h8-11H,3-6H2,1-2H3. The van der Waals surface area contributed by atoms with Crippen LogP contribution in [0.4, 0.5) is 0 Å². The van der Waals surface area contributed by atoms with Crippen LogP contribution < -0.4 is 0 Å². The van der Waals surface area contributed by atoms with Crippen molar-refractivity contribution in [2.24, 2.45) is 11.8 Å². The predicted octanol–water partition coefficient (Wildman–Crippen LogP) is 3.75. The molecule has 1 fully saturated rings. The van der Waals surface area contributed by atoms with Gasteiger partial charge in [-0.25, -0.2) is 4.98 Å². The van der Waals surface area contributed by atoms with Gasteiger partial charge in [-0.05, 0) is 18.8 Å². The molecule has 16 heavy (non-hydrogen) atoms. The van der Waals surface area contributed by atoms with Crippen molar-refractivity contribution in [3.8, 4) is 6.07 Å². The summed E-state index contributed by atoms with van der Waals surface area (Å²) >= 11 is 1.73. The van der Waals surface area contributed by atoms with Crippen LogP contribution in [0, 0.1) is 23.2 Å². The molecule has 0 amide bonds. The van der Waals surface area contributed by atoms with Crippen LogP contribution in [0.2, 0.25) is 0 Å². The summed E-state index contributed by atoms with van der Waals surface area (Å²) in [5, 5.41) is 12.4. The van der Waals surface area contributed by atoms with E-state index in [1.807, 2.05) is 0 Å². The highest BCUT2D eigenvalue weighted by Crippen LogP contribution is 2.36.